The van der Waals surface area contributed by atoms with Crippen LogP contribution >= 0.6 is 34.5 Å². The minimum Gasteiger partial charge on any atom is -0.492 e. The molecule has 0 saturated heterocycles. The molecule has 1 atom stereocenters. The quantitative estimate of drug-likeness (QED) is 0.826. The fourth-order valence-electron chi connectivity index (χ4n) is 2.04. The van der Waals surface area contributed by atoms with E-state index >= 15 is 0 Å². The van der Waals surface area contributed by atoms with Crippen LogP contribution < -0.4 is 4.74 Å². The van der Waals surface area contributed by atoms with Gasteiger partial charge in [-0.3, -0.25) is 0 Å². The Bertz CT molecular complexity index is 596. The SMILES string of the molecule is CCOc1cc(Cl)c(C(O)c2sccc2CC)cc1Cl. The van der Waals surface area contributed by atoms with Crippen molar-refractivity contribution in [2.24, 2.45) is 0 Å². The molecule has 108 valence electrons. The zero-order valence-corrected chi connectivity index (χ0v) is 13.6. The monoisotopic (exact) mass is 330 g/mol. The number of rotatable bonds is 5. The molecule has 1 heterocycles. The maximum absolute atomic E-state index is 10.5. The lowest BCUT2D eigenvalue weighted by Gasteiger charge is -2.15. The Morgan fingerprint density at radius 2 is 2.00 bits per heavy atom. The lowest BCUT2D eigenvalue weighted by atomic mass is 10.0. The number of aliphatic hydroxyl groups is 1. The number of aliphatic hydroxyl groups excluding tert-OH is 1. The van der Waals surface area contributed by atoms with Crippen molar-refractivity contribution in [3.05, 3.63) is 49.6 Å². The third-order valence-electron chi connectivity index (χ3n) is 3.06. The predicted molar refractivity (Wildman–Crippen MR) is 85.4 cm³/mol. The normalized spacial score (nSPS) is 12.4. The van der Waals surface area contributed by atoms with Crippen molar-refractivity contribution in [1.82, 2.24) is 0 Å². The molecule has 1 aromatic heterocycles. The molecule has 2 aromatic rings. The van der Waals surface area contributed by atoms with Gasteiger partial charge in [0.1, 0.15) is 11.9 Å². The van der Waals surface area contributed by atoms with E-state index in [1.807, 2.05) is 18.4 Å². The van der Waals surface area contributed by atoms with E-state index in [0.29, 0.717) is 28.0 Å². The van der Waals surface area contributed by atoms with Gasteiger partial charge in [0.2, 0.25) is 0 Å². The van der Waals surface area contributed by atoms with Crippen LogP contribution in [0.15, 0.2) is 23.6 Å². The Morgan fingerprint density at radius 1 is 1.25 bits per heavy atom. The second-order valence-electron chi connectivity index (χ2n) is 4.30. The summed E-state index contributed by atoms with van der Waals surface area (Å²) in [4.78, 5) is 0.912. The largest absolute Gasteiger partial charge is 0.492 e. The molecule has 0 spiro atoms. The van der Waals surface area contributed by atoms with E-state index in [1.54, 1.807) is 12.1 Å². The van der Waals surface area contributed by atoms with Crippen LogP contribution in [0.4, 0.5) is 0 Å². The Kier molecular flexibility index (Phi) is 5.33. The Balaban J connectivity index is 2.40. The molecule has 20 heavy (non-hydrogen) atoms. The molecule has 0 aliphatic rings. The molecule has 1 N–H and O–H groups in total. The molecule has 0 saturated carbocycles. The Morgan fingerprint density at radius 3 is 2.65 bits per heavy atom. The van der Waals surface area contributed by atoms with Gasteiger partial charge in [-0.1, -0.05) is 30.1 Å². The minimum absolute atomic E-state index is 0.458. The number of aryl methyl sites for hydroxylation is 1. The summed E-state index contributed by atoms with van der Waals surface area (Å²) < 4.78 is 5.39. The molecule has 0 aliphatic heterocycles. The summed E-state index contributed by atoms with van der Waals surface area (Å²) in [6.45, 7) is 4.46. The van der Waals surface area contributed by atoms with Crippen LogP contribution in [0.5, 0.6) is 5.75 Å². The van der Waals surface area contributed by atoms with Crippen molar-refractivity contribution in [3.8, 4) is 5.75 Å². The van der Waals surface area contributed by atoms with Gasteiger partial charge in [0.05, 0.1) is 16.7 Å². The third-order valence-corrected chi connectivity index (χ3v) is 4.69. The van der Waals surface area contributed by atoms with Crippen molar-refractivity contribution < 1.29 is 9.84 Å². The first-order valence-electron chi connectivity index (χ1n) is 6.44. The average molecular weight is 331 g/mol. The molecule has 0 bridgehead atoms. The summed E-state index contributed by atoms with van der Waals surface area (Å²) in [6, 6.07) is 5.36. The van der Waals surface area contributed by atoms with E-state index in [2.05, 4.69) is 6.92 Å². The van der Waals surface area contributed by atoms with E-state index < -0.39 is 6.10 Å². The van der Waals surface area contributed by atoms with Gasteiger partial charge in [0, 0.05) is 16.5 Å². The van der Waals surface area contributed by atoms with Crippen LogP contribution in [0.1, 0.15) is 36.0 Å². The number of benzene rings is 1. The van der Waals surface area contributed by atoms with Gasteiger partial charge in [0.25, 0.3) is 0 Å². The molecule has 0 radical (unpaired) electrons. The molecule has 2 rings (SSSR count). The summed E-state index contributed by atoms with van der Waals surface area (Å²) in [5.74, 6) is 0.539. The first-order chi connectivity index (χ1) is 9.58. The number of thiophene rings is 1. The first-order valence-corrected chi connectivity index (χ1v) is 8.08. The smallest absolute Gasteiger partial charge is 0.139 e. The third kappa shape index (κ3) is 3.12. The van der Waals surface area contributed by atoms with Gasteiger partial charge in [-0.05, 0) is 36.4 Å². The van der Waals surface area contributed by atoms with Crippen LogP contribution in [-0.2, 0) is 6.42 Å². The van der Waals surface area contributed by atoms with Gasteiger partial charge < -0.3 is 9.84 Å². The molecule has 1 aromatic carbocycles. The van der Waals surface area contributed by atoms with Crippen LogP contribution in [0.3, 0.4) is 0 Å². The van der Waals surface area contributed by atoms with Crippen molar-refractivity contribution >= 4 is 34.5 Å². The Labute approximate surface area is 132 Å². The summed E-state index contributed by atoms with van der Waals surface area (Å²) in [5.41, 5.74) is 1.74. The fourth-order valence-corrected chi connectivity index (χ4v) is 3.52. The van der Waals surface area contributed by atoms with Crippen molar-refractivity contribution in [1.29, 1.82) is 0 Å². The van der Waals surface area contributed by atoms with Crippen molar-refractivity contribution in [2.75, 3.05) is 6.61 Å². The highest BCUT2D eigenvalue weighted by molar-refractivity contribution is 7.10. The topological polar surface area (TPSA) is 29.5 Å². The van der Waals surface area contributed by atoms with Gasteiger partial charge in [-0.2, -0.15) is 0 Å². The summed E-state index contributed by atoms with van der Waals surface area (Å²) >= 11 is 13.9. The van der Waals surface area contributed by atoms with E-state index in [9.17, 15) is 5.11 Å². The number of ether oxygens (including phenoxy) is 1. The maximum atomic E-state index is 10.5. The highest BCUT2D eigenvalue weighted by atomic mass is 35.5. The van der Waals surface area contributed by atoms with Crippen LogP contribution in [0.2, 0.25) is 10.0 Å². The van der Waals surface area contributed by atoms with E-state index in [0.717, 1.165) is 16.9 Å². The maximum Gasteiger partial charge on any atom is 0.139 e. The van der Waals surface area contributed by atoms with Gasteiger partial charge >= 0.3 is 0 Å². The molecular formula is C15H16Cl2O2S. The van der Waals surface area contributed by atoms with Gasteiger partial charge in [-0.15, -0.1) is 11.3 Å². The molecule has 5 heteroatoms. The minimum atomic E-state index is -0.759. The molecular weight excluding hydrogens is 315 g/mol. The first kappa shape index (κ1) is 15.6. The molecule has 0 aliphatic carbocycles. The highest BCUT2D eigenvalue weighted by Crippen LogP contribution is 2.38. The lowest BCUT2D eigenvalue weighted by Crippen LogP contribution is -2.02. The van der Waals surface area contributed by atoms with Crippen molar-refractivity contribution in [3.63, 3.8) is 0 Å². The summed E-state index contributed by atoms with van der Waals surface area (Å²) in [7, 11) is 0. The zero-order chi connectivity index (χ0) is 14.7. The van der Waals surface area contributed by atoms with Crippen LogP contribution in [0.25, 0.3) is 0 Å². The highest BCUT2D eigenvalue weighted by Gasteiger charge is 2.20. The molecule has 2 nitrogen and oxygen atoms in total. The van der Waals surface area contributed by atoms with Gasteiger partial charge in [0.15, 0.2) is 0 Å². The molecule has 1 unspecified atom stereocenters. The van der Waals surface area contributed by atoms with Gasteiger partial charge in [-0.25, -0.2) is 0 Å². The zero-order valence-electron chi connectivity index (χ0n) is 11.3. The fraction of sp³-hybridized carbons (Fsp3) is 0.333. The van der Waals surface area contributed by atoms with Crippen LogP contribution in [0, 0.1) is 0 Å². The number of hydrogen-bond acceptors (Lipinski definition) is 3. The molecule has 0 fully saturated rings. The van der Waals surface area contributed by atoms with E-state index in [4.69, 9.17) is 27.9 Å². The van der Waals surface area contributed by atoms with Crippen molar-refractivity contribution in [2.45, 2.75) is 26.4 Å². The number of hydrogen-bond donors (Lipinski definition) is 1. The Hall–Kier alpha value is -0.740. The van der Waals surface area contributed by atoms with E-state index in [-0.39, 0.29) is 0 Å². The van der Waals surface area contributed by atoms with Crippen LogP contribution in [-0.4, -0.2) is 11.7 Å². The molecule has 0 amide bonds. The summed E-state index contributed by atoms with van der Waals surface area (Å²) in [5, 5.41) is 13.4. The summed E-state index contributed by atoms with van der Waals surface area (Å²) in [6.07, 6.45) is 0.115. The number of halogens is 2. The second kappa shape index (κ2) is 6.81. The predicted octanol–water partition coefficient (Wildman–Crippen LogP) is 5.10. The standard InChI is InChI=1S/C15H16Cl2O2S/c1-3-9-5-6-20-15(9)14(18)10-7-12(17)13(19-4-2)8-11(10)16/h5-8,14,18H,3-4H2,1-2H3. The lowest BCUT2D eigenvalue weighted by molar-refractivity contribution is 0.223. The second-order valence-corrected chi connectivity index (χ2v) is 6.07. The van der Waals surface area contributed by atoms with E-state index in [1.165, 1.54) is 11.3 Å². The average Bonchev–Trinajstić information content (AvgIpc) is 2.90.